The van der Waals surface area contributed by atoms with Gasteiger partial charge in [-0.1, -0.05) is 15.9 Å². The third-order valence-corrected chi connectivity index (χ3v) is 3.58. The monoisotopic (exact) mass is 333 g/mol. The summed E-state index contributed by atoms with van der Waals surface area (Å²) in [4.78, 5) is 26.7. The molecule has 0 bridgehead atoms. The van der Waals surface area contributed by atoms with Crippen LogP contribution in [0, 0.1) is 6.92 Å². The molecule has 102 valence electrons. The van der Waals surface area contributed by atoms with E-state index in [2.05, 4.69) is 26.2 Å². The van der Waals surface area contributed by atoms with E-state index in [0.29, 0.717) is 11.3 Å². The second-order valence-electron chi connectivity index (χ2n) is 4.21. The molecular weight excluding hydrogens is 322 g/mol. The van der Waals surface area contributed by atoms with Crippen molar-refractivity contribution in [1.82, 2.24) is 4.98 Å². The minimum atomic E-state index is -0.625. The molecule has 1 heterocycles. The van der Waals surface area contributed by atoms with E-state index in [1.54, 1.807) is 6.07 Å². The van der Waals surface area contributed by atoms with E-state index < -0.39 is 5.91 Å². The van der Waals surface area contributed by atoms with E-state index in [1.165, 1.54) is 18.3 Å². The van der Waals surface area contributed by atoms with E-state index >= 15 is 0 Å². The lowest BCUT2D eigenvalue weighted by molar-refractivity contribution is 0.0990. The molecule has 1 aromatic heterocycles. The van der Waals surface area contributed by atoms with Crippen LogP contribution >= 0.6 is 15.9 Å². The summed E-state index contributed by atoms with van der Waals surface area (Å²) in [7, 11) is 0. The number of aromatic nitrogens is 1. The molecule has 0 atom stereocenters. The van der Waals surface area contributed by atoms with Gasteiger partial charge in [0.15, 0.2) is 0 Å². The van der Waals surface area contributed by atoms with Crippen molar-refractivity contribution in [3.8, 4) is 0 Å². The summed E-state index contributed by atoms with van der Waals surface area (Å²) in [6.07, 6.45) is 1.32. The minimum Gasteiger partial charge on any atom is -0.364 e. The Morgan fingerprint density at radius 1 is 1.25 bits per heavy atom. The molecular formula is C14H12BrN3O2. The number of halogens is 1. The summed E-state index contributed by atoms with van der Waals surface area (Å²) < 4.78 is 0.975. The normalized spacial score (nSPS) is 10.1. The molecule has 0 spiro atoms. The first kappa shape index (κ1) is 14.2. The molecule has 2 aromatic rings. The highest BCUT2D eigenvalue weighted by atomic mass is 79.9. The van der Waals surface area contributed by atoms with Crippen molar-refractivity contribution in [3.05, 3.63) is 57.8 Å². The molecule has 0 aliphatic rings. The van der Waals surface area contributed by atoms with Crippen LogP contribution in [0.2, 0.25) is 0 Å². The number of hydrogen-bond acceptors (Lipinski definition) is 3. The van der Waals surface area contributed by atoms with E-state index in [-0.39, 0.29) is 11.6 Å². The smallest absolute Gasteiger partial charge is 0.267 e. The van der Waals surface area contributed by atoms with E-state index in [4.69, 9.17) is 5.73 Å². The van der Waals surface area contributed by atoms with Gasteiger partial charge in [-0.15, -0.1) is 0 Å². The number of carbonyl (C=O) groups is 2. The molecule has 2 amide bonds. The highest BCUT2D eigenvalue weighted by Crippen LogP contribution is 2.20. The molecule has 0 unspecified atom stereocenters. The molecule has 0 saturated heterocycles. The Morgan fingerprint density at radius 2 is 2.00 bits per heavy atom. The number of aryl methyl sites for hydroxylation is 1. The minimum absolute atomic E-state index is 0.126. The van der Waals surface area contributed by atoms with Crippen molar-refractivity contribution in [3.63, 3.8) is 0 Å². The van der Waals surface area contributed by atoms with Gasteiger partial charge in [-0.05, 0) is 42.8 Å². The molecule has 0 saturated carbocycles. The van der Waals surface area contributed by atoms with E-state index in [0.717, 1.165) is 10.0 Å². The summed E-state index contributed by atoms with van der Waals surface area (Å²) in [5, 5.41) is 2.76. The fraction of sp³-hybridized carbons (Fsp3) is 0.0714. The number of hydrogen-bond donors (Lipinski definition) is 2. The van der Waals surface area contributed by atoms with Gasteiger partial charge < -0.3 is 11.1 Å². The number of benzene rings is 1. The van der Waals surface area contributed by atoms with Gasteiger partial charge in [0.05, 0.1) is 5.56 Å². The first-order valence-electron chi connectivity index (χ1n) is 5.81. The summed E-state index contributed by atoms with van der Waals surface area (Å²) in [6, 6.07) is 8.44. The fourth-order valence-electron chi connectivity index (χ4n) is 1.60. The van der Waals surface area contributed by atoms with Crippen molar-refractivity contribution in [2.45, 2.75) is 6.92 Å². The van der Waals surface area contributed by atoms with Gasteiger partial charge in [-0.2, -0.15) is 0 Å². The van der Waals surface area contributed by atoms with Gasteiger partial charge in [0, 0.05) is 16.4 Å². The van der Waals surface area contributed by atoms with Crippen LogP contribution < -0.4 is 11.1 Å². The third-order valence-electron chi connectivity index (χ3n) is 2.69. The topological polar surface area (TPSA) is 85.1 Å². The molecule has 2 rings (SSSR count). The van der Waals surface area contributed by atoms with Crippen LogP contribution in [0.3, 0.4) is 0 Å². The number of primary amides is 1. The first-order chi connectivity index (χ1) is 9.47. The maximum atomic E-state index is 12.0. The Morgan fingerprint density at radius 3 is 2.55 bits per heavy atom. The zero-order valence-electron chi connectivity index (χ0n) is 10.7. The number of amides is 2. The van der Waals surface area contributed by atoms with Gasteiger partial charge in [-0.25, -0.2) is 0 Å². The number of nitrogens with two attached hydrogens (primary N) is 1. The van der Waals surface area contributed by atoms with Crippen LogP contribution in [0.15, 0.2) is 41.0 Å². The number of nitrogens with zero attached hydrogens (tertiary/aromatic N) is 1. The number of pyridine rings is 1. The quantitative estimate of drug-likeness (QED) is 0.904. The molecule has 6 heteroatoms. The predicted molar refractivity (Wildman–Crippen MR) is 79.6 cm³/mol. The predicted octanol–water partition coefficient (Wildman–Crippen LogP) is 2.50. The van der Waals surface area contributed by atoms with Gasteiger partial charge in [0.25, 0.3) is 11.8 Å². The molecule has 3 N–H and O–H groups in total. The molecule has 0 radical (unpaired) electrons. The largest absolute Gasteiger partial charge is 0.364 e. The van der Waals surface area contributed by atoms with Crippen LogP contribution in [-0.2, 0) is 0 Å². The van der Waals surface area contributed by atoms with E-state index in [9.17, 15) is 9.59 Å². The fourth-order valence-corrected chi connectivity index (χ4v) is 1.85. The molecule has 20 heavy (non-hydrogen) atoms. The van der Waals surface area contributed by atoms with Gasteiger partial charge in [-0.3, -0.25) is 14.6 Å². The van der Waals surface area contributed by atoms with Gasteiger partial charge in [0.2, 0.25) is 0 Å². The van der Waals surface area contributed by atoms with E-state index in [1.807, 2.05) is 19.1 Å². The number of rotatable bonds is 3. The standard InChI is InChI=1S/C14H12BrN3O2/c1-8-6-10(3-4-11(8)15)18-14(20)9-2-5-12(13(16)19)17-7-9/h2-7H,1H3,(H2,16,19)(H,18,20). The number of nitrogens with one attached hydrogen (secondary N) is 1. The number of anilines is 1. The Hall–Kier alpha value is -2.21. The van der Waals surface area contributed by atoms with Crippen molar-refractivity contribution >= 4 is 33.4 Å². The number of carbonyl (C=O) groups excluding carboxylic acids is 2. The summed E-state index contributed by atoms with van der Waals surface area (Å²) >= 11 is 3.40. The Kier molecular flexibility index (Phi) is 4.14. The van der Waals surface area contributed by atoms with Crippen LogP contribution in [0.4, 0.5) is 5.69 Å². The molecule has 0 aliphatic heterocycles. The zero-order valence-corrected chi connectivity index (χ0v) is 12.3. The summed E-state index contributed by atoms with van der Waals surface area (Å²) in [5.41, 5.74) is 7.28. The summed E-state index contributed by atoms with van der Waals surface area (Å²) in [5.74, 6) is -0.921. The second kappa shape index (κ2) is 5.83. The Labute approximate surface area is 124 Å². The summed E-state index contributed by atoms with van der Waals surface area (Å²) in [6.45, 7) is 1.93. The van der Waals surface area contributed by atoms with Gasteiger partial charge >= 0.3 is 0 Å². The average Bonchev–Trinajstić information content (AvgIpc) is 2.43. The Bertz CT molecular complexity index is 669. The lowest BCUT2D eigenvalue weighted by Gasteiger charge is -2.07. The lowest BCUT2D eigenvalue weighted by Crippen LogP contribution is -2.15. The van der Waals surface area contributed by atoms with Crippen molar-refractivity contribution in [1.29, 1.82) is 0 Å². The van der Waals surface area contributed by atoms with Crippen molar-refractivity contribution in [2.75, 3.05) is 5.32 Å². The maximum Gasteiger partial charge on any atom is 0.267 e. The first-order valence-corrected chi connectivity index (χ1v) is 6.60. The third kappa shape index (κ3) is 3.21. The molecule has 1 aromatic carbocycles. The molecule has 0 aliphatic carbocycles. The van der Waals surface area contributed by atoms with Crippen LogP contribution in [-0.4, -0.2) is 16.8 Å². The average molecular weight is 334 g/mol. The van der Waals surface area contributed by atoms with Crippen LogP contribution in [0.1, 0.15) is 26.4 Å². The van der Waals surface area contributed by atoms with Gasteiger partial charge in [0.1, 0.15) is 5.69 Å². The highest BCUT2D eigenvalue weighted by molar-refractivity contribution is 9.10. The van der Waals surface area contributed by atoms with Crippen molar-refractivity contribution < 1.29 is 9.59 Å². The molecule has 5 nitrogen and oxygen atoms in total. The van der Waals surface area contributed by atoms with Crippen LogP contribution in [0.25, 0.3) is 0 Å². The zero-order chi connectivity index (χ0) is 14.7. The Balaban J connectivity index is 2.15. The molecule has 0 fully saturated rings. The maximum absolute atomic E-state index is 12.0. The second-order valence-corrected chi connectivity index (χ2v) is 5.07. The van der Waals surface area contributed by atoms with Crippen LogP contribution in [0.5, 0.6) is 0 Å². The SMILES string of the molecule is Cc1cc(NC(=O)c2ccc(C(N)=O)nc2)ccc1Br. The highest BCUT2D eigenvalue weighted by Gasteiger charge is 2.09. The lowest BCUT2D eigenvalue weighted by atomic mass is 10.2. The van der Waals surface area contributed by atoms with Crippen molar-refractivity contribution in [2.24, 2.45) is 5.73 Å².